The molecular formula is C26H23NO4S. The zero-order chi connectivity index (χ0) is 23.3. The Balaban J connectivity index is 1.95. The first kappa shape index (κ1) is 22.9. The van der Waals surface area contributed by atoms with Crippen LogP contribution in [-0.2, 0) is 14.8 Å². The smallest absolute Gasteiger partial charge is 0.331 e. The van der Waals surface area contributed by atoms with Crippen LogP contribution in [0.1, 0.15) is 25.0 Å². The highest BCUT2D eigenvalue weighted by Gasteiger charge is 2.17. The molecule has 0 aromatic heterocycles. The van der Waals surface area contributed by atoms with E-state index in [-0.39, 0.29) is 10.5 Å². The number of hydrogen-bond acceptors (Lipinski definition) is 3. The minimum absolute atomic E-state index is 0.170. The number of hydrogen-bond donors (Lipinski definition) is 2. The van der Waals surface area contributed by atoms with E-state index in [1.165, 1.54) is 13.0 Å². The third-order valence-electron chi connectivity index (χ3n) is 4.86. The van der Waals surface area contributed by atoms with Gasteiger partial charge in [0.25, 0.3) is 10.0 Å². The number of para-hydroxylation sites is 1. The number of aryl methyl sites for hydroxylation is 1. The van der Waals surface area contributed by atoms with E-state index in [2.05, 4.69) is 16.6 Å². The molecule has 32 heavy (non-hydrogen) atoms. The van der Waals surface area contributed by atoms with E-state index in [4.69, 9.17) is 5.11 Å². The number of benzene rings is 3. The predicted molar refractivity (Wildman–Crippen MR) is 128 cm³/mol. The standard InChI is InChI=1S/C26H23NO4S/c1-18(11-13-20(3)26(28)29)12-14-22-10-6-7-19(2)25(22)27-32(30,31)24-16-15-21-8-4-5-9-23(21)17-24/h4-11,13,15-17,27H,1-3H3,(H,28,29)/b18-11+,20-13+. The zero-order valence-corrected chi connectivity index (χ0v) is 18.8. The van der Waals surface area contributed by atoms with Crippen LogP contribution in [0.5, 0.6) is 0 Å². The van der Waals surface area contributed by atoms with Crippen LogP contribution >= 0.6 is 0 Å². The van der Waals surface area contributed by atoms with Gasteiger partial charge >= 0.3 is 5.97 Å². The van der Waals surface area contributed by atoms with Gasteiger partial charge in [-0.25, -0.2) is 13.2 Å². The lowest BCUT2D eigenvalue weighted by molar-refractivity contribution is -0.132. The van der Waals surface area contributed by atoms with E-state index < -0.39 is 16.0 Å². The maximum Gasteiger partial charge on any atom is 0.331 e. The lowest BCUT2D eigenvalue weighted by atomic mass is 10.1. The highest BCUT2D eigenvalue weighted by atomic mass is 32.2. The third kappa shape index (κ3) is 5.45. The van der Waals surface area contributed by atoms with Gasteiger partial charge in [-0.15, -0.1) is 0 Å². The fraction of sp³-hybridized carbons (Fsp3) is 0.115. The van der Waals surface area contributed by atoms with E-state index in [9.17, 15) is 13.2 Å². The number of nitrogens with one attached hydrogen (secondary N) is 1. The highest BCUT2D eigenvalue weighted by molar-refractivity contribution is 7.92. The Morgan fingerprint density at radius 3 is 2.41 bits per heavy atom. The van der Waals surface area contributed by atoms with E-state index in [0.29, 0.717) is 16.8 Å². The van der Waals surface area contributed by atoms with Gasteiger partial charge in [-0.2, -0.15) is 0 Å². The summed E-state index contributed by atoms with van der Waals surface area (Å²) in [6, 6.07) is 17.9. The normalized spacial score (nSPS) is 12.2. The molecule has 0 fully saturated rings. The van der Waals surface area contributed by atoms with Crippen molar-refractivity contribution in [3.05, 3.63) is 95.1 Å². The summed E-state index contributed by atoms with van der Waals surface area (Å²) >= 11 is 0. The third-order valence-corrected chi connectivity index (χ3v) is 6.20. The molecule has 0 atom stereocenters. The summed E-state index contributed by atoms with van der Waals surface area (Å²) in [6.07, 6.45) is 3.09. The molecule has 0 aliphatic carbocycles. The van der Waals surface area contributed by atoms with Gasteiger partial charge in [0.05, 0.1) is 10.6 Å². The fourth-order valence-corrected chi connectivity index (χ4v) is 4.15. The maximum absolute atomic E-state index is 13.1. The van der Waals surface area contributed by atoms with Crippen molar-refractivity contribution in [2.24, 2.45) is 0 Å². The number of allylic oxidation sites excluding steroid dienone is 3. The van der Waals surface area contributed by atoms with Crippen LogP contribution < -0.4 is 4.72 Å². The molecule has 6 heteroatoms. The van der Waals surface area contributed by atoms with Crippen molar-refractivity contribution >= 4 is 32.5 Å². The van der Waals surface area contributed by atoms with Gasteiger partial charge in [0.15, 0.2) is 0 Å². The molecule has 3 aromatic rings. The summed E-state index contributed by atoms with van der Waals surface area (Å²) in [5.74, 6) is 4.94. The molecule has 3 aromatic carbocycles. The number of sulfonamides is 1. The van der Waals surface area contributed by atoms with Gasteiger partial charge in [-0.1, -0.05) is 66.5 Å². The molecule has 5 nitrogen and oxygen atoms in total. The second kappa shape index (κ2) is 9.54. The Hall–Kier alpha value is -3.82. The summed E-state index contributed by atoms with van der Waals surface area (Å²) < 4.78 is 28.9. The van der Waals surface area contributed by atoms with Crippen LogP contribution in [0.2, 0.25) is 0 Å². The Morgan fingerprint density at radius 2 is 1.69 bits per heavy atom. The molecule has 162 valence electrons. The molecule has 0 saturated heterocycles. The van der Waals surface area contributed by atoms with Crippen LogP contribution in [0.25, 0.3) is 10.8 Å². The first-order chi connectivity index (χ1) is 15.2. The number of fused-ring (bicyclic) bond motifs is 1. The molecule has 0 aliphatic heterocycles. The van der Waals surface area contributed by atoms with E-state index >= 15 is 0 Å². The van der Waals surface area contributed by atoms with Gasteiger partial charge in [-0.05, 0) is 60.9 Å². The summed E-state index contributed by atoms with van der Waals surface area (Å²) in [6.45, 7) is 5.07. The van der Waals surface area contributed by atoms with Crippen molar-refractivity contribution in [3.63, 3.8) is 0 Å². The largest absolute Gasteiger partial charge is 0.478 e. The molecule has 3 rings (SSSR count). The van der Waals surface area contributed by atoms with Crippen LogP contribution in [0.4, 0.5) is 5.69 Å². The molecule has 0 aliphatic rings. The summed E-state index contributed by atoms with van der Waals surface area (Å²) in [7, 11) is -3.83. The number of carboxylic acid groups (broad SMARTS) is 1. The van der Waals surface area contributed by atoms with Gasteiger partial charge in [0.2, 0.25) is 0 Å². The molecule has 0 saturated carbocycles. The van der Waals surface area contributed by atoms with E-state index in [1.807, 2.05) is 37.3 Å². The number of rotatable bonds is 5. The monoisotopic (exact) mass is 445 g/mol. The van der Waals surface area contributed by atoms with Gasteiger partial charge in [0.1, 0.15) is 0 Å². The van der Waals surface area contributed by atoms with Gasteiger partial charge in [-0.3, -0.25) is 4.72 Å². The van der Waals surface area contributed by atoms with Crippen molar-refractivity contribution in [1.82, 2.24) is 0 Å². The van der Waals surface area contributed by atoms with Crippen LogP contribution in [-0.4, -0.2) is 19.5 Å². The fourth-order valence-electron chi connectivity index (χ4n) is 2.96. The maximum atomic E-state index is 13.1. The first-order valence-corrected chi connectivity index (χ1v) is 11.4. The van der Waals surface area contributed by atoms with Crippen molar-refractivity contribution in [3.8, 4) is 11.8 Å². The Kier molecular flexibility index (Phi) is 6.82. The Labute approximate surface area is 188 Å². The Bertz CT molecular complexity index is 1420. The van der Waals surface area contributed by atoms with Crippen LogP contribution in [0, 0.1) is 18.8 Å². The van der Waals surface area contributed by atoms with Crippen molar-refractivity contribution < 1.29 is 18.3 Å². The molecule has 0 spiro atoms. The topological polar surface area (TPSA) is 83.5 Å². The van der Waals surface area contributed by atoms with Crippen LogP contribution in [0.15, 0.2) is 88.9 Å². The molecule has 2 N–H and O–H groups in total. The average molecular weight is 446 g/mol. The highest BCUT2D eigenvalue weighted by Crippen LogP contribution is 2.25. The number of carbonyl (C=O) groups is 1. The lowest BCUT2D eigenvalue weighted by Crippen LogP contribution is -2.14. The number of carboxylic acids is 1. The second-order valence-corrected chi connectivity index (χ2v) is 9.05. The van der Waals surface area contributed by atoms with Crippen molar-refractivity contribution in [2.75, 3.05) is 4.72 Å². The predicted octanol–water partition coefficient (Wildman–Crippen LogP) is 5.28. The quantitative estimate of drug-likeness (QED) is 0.318. The van der Waals surface area contributed by atoms with Gasteiger partial charge < -0.3 is 5.11 Å². The zero-order valence-electron chi connectivity index (χ0n) is 18.0. The molecule has 0 amide bonds. The average Bonchev–Trinajstić information content (AvgIpc) is 2.77. The number of anilines is 1. The summed E-state index contributed by atoms with van der Waals surface area (Å²) in [4.78, 5) is 11.1. The molecule has 0 heterocycles. The summed E-state index contributed by atoms with van der Waals surface area (Å²) in [5.41, 5.74) is 2.53. The molecule has 0 bridgehead atoms. The first-order valence-electron chi connectivity index (χ1n) is 9.89. The van der Waals surface area contributed by atoms with Crippen LogP contribution in [0.3, 0.4) is 0 Å². The van der Waals surface area contributed by atoms with Crippen molar-refractivity contribution in [1.29, 1.82) is 0 Å². The van der Waals surface area contributed by atoms with E-state index in [0.717, 1.165) is 16.3 Å². The molecule has 0 unspecified atom stereocenters. The molecule has 0 radical (unpaired) electrons. The number of aliphatic carboxylic acids is 1. The van der Waals surface area contributed by atoms with E-state index in [1.54, 1.807) is 43.3 Å². The molecular weight excluding hydrogens is 422 g/mol. The SMILES string of the molecule is C/C(C#Cc1cccc(C)c1NS(=O)(=O)c1ccc2ccccc2c1)=C\C=C(/C)C(=O)O. The second-order valence-electron chi connectivity index (χ2n) is 7.37. The summed E-state index contributed by atoms with van der Waals surface area (Å²) in [5, 5.41) is 10.7. The Morgan fingerprint density at radius 1 is 0.969 bits per heavy atom. The minimum Gasteiger partial charge on any atom is -0.478 e. The van der Waals surface area contributed by atoms with Gasteiger partial charge in [0, 0.05) is 11.1 Å². The van der Waals surface area contributed by atoms with Crippen molar-refractivity contribution in [2.45, 2.75) is 25.7 Å². The lowest BCUT2D eigenvalue weighted by Gasteiger charge is -2.13. The minimum atomic E-state index is -3.83.